The molecule has 0 aromatic carbocycles. The summed E-state index contributed by atoms with van der Waals surface area (Å²) in [6.45, 7) is 4.31. The fourth-order valence-corrected chi connectivity index (χ4v) is 11.1. The van der Waals surface area contributed by atoms with Crippen molar-refractivity contribution in [2.24, 2.45) is 0 Å². The molecule has 0 aliphatic carbocycles. The van der Waals surface area contributed by atoms with Crippen LogP contribution >= 0.6 is 15.6 Å². The normalized spacial score (nSPS) is 14.9. The van der Waals surface area contributed by atoms with Crippen LogP contribution in [0.25, 0.3) is 0 Å². The fraction of sp³-hybridized carbons (Fsp3) is 0.600. The standard InChI is InChI=1S/C85H136O17P2/c1-5-9-13-17-21-25-29-33-36-38-39-41-44-47-50-54-58-62-66-70-83(88)96-76-81(102-85(90)72-68-64-60-56-52-48-42-35-31-27-23-19-15-11-7-3)78-100-104(93,94)98-74-79(86)73-97-103(91,92)99-77-80(101-84(89)71-67-63-59-55-51-45-32-28-24-20-16-12-8-4)75-95-82(87)69-65-61-57-53-49-46-43-40-37-34-30-26-22-18-14-10-6-2/h9-11,13-15,21-23,25-28,32-37,39,41-43,46-47,50,52,56,58,62,79-81,86H,5-8,12,16-20,24,29-31,38,40,44-45,48-49,51,53-55,57,59-61,63-78H2,1-4H3,(H,91,92)(H,93,94)/b13-9-,14-10-,15-11-,25-21-,26-22-,27-23-,32-28-,36-33-,37-34-,41-39-,42-35-,46-43-,50-47-,56-52-,62-58-. The molecule has 3 N–H and O–H groups in total. The second-order valence-electron chi connectivity index (χ2n) is 25.1. The third-order valence-electron chi connectivity index (χ3n) is 15.4. The summed E-state index contributed by atoms with van der Waals surface area (Å²) in [6, 6.07) is 0. The number of ether oxygens (including phenoxy) is 4. The van der Waals surface area contributed by atoms with E-state index in [1.54, 1.807) is 0 Å². The van der Waals surface area contributed by atoms with Crippen molar-refractivity contribution < 1.29 is 80.2 Å². The van der Waals surface area contributed by atoms with Gasteiger partial charge in [0.25, 0.3) is 0 Å². The molecule has 5 unspecified atom stereocenters. The highest BCUT2D eigenvalue weighted by atomic mass is 31.2. The van der Waals surface area contributed by atoms with Crippen LogP contribution in [-0.2, 0) is 65.4 Å². The number of carbonyl (C=O) groups excluding carboxylic acids is 4. The van der Waals surface area contributed by atoms with Crippen molar-refractivity contribution in [2.75, 3.05) is 39.6 Å². The number of allylic oxidation sites excluding steroid dienone is 30. The van der Waals surface area contributed by atoms with E-state index in [-0.39, 0.29) is 25.7 Å². The molecule has 0 saturated heterocycles. The van der Waals surface area contributed by atoms with Crippen molar-refractivity contribution in [2.45, 2.75) is 290 Å². The fourth-order valence-electron chi connectivity index (χ4n) is 9.51. The van der Waals surface area contributed by atoms with E-state index in [0.717, 1.165) is 154 Å². The molecule has 0 spiro atoms. The summed E-state index contributed by atoms with van der Waals surface area (Å²) in [6.07, 6.45) is 90.4. The molecule has 19 heteroatoms. The average Bonchev–Trinajstić information content (AvgIpc) is 0.911. The van der Waals surface area contributed by atoms with Crippen LogP contribution in [-0.4, -0.2) is 96.7 Å². The third kappa shape index (κ3) is 74.4. The number of phosphoric ester groups is 2. The van der Waals surface area contributed by atoms with Gasteiger partial charge in [0, 0.05) is 25.7 Å². The van der Waals surface area contributed by atoms with Gasteiger partial charge in [0.15, 0.2) is 12.2 Å². The number of carbonyl (C=O) groups is 4. The molecule has 5 atom stereocenters. The van der Waals surface area contributed by atoms with Gasteiger partial charge in [-0.2, -0.15) is 0 Å². The number of phosphoric acid groups is 2. The first kappa shape index (κ1) is 98.2. The lowest BCUT2D eigenvalue weighted by Gasteiger charge is -2.21. The van der Waals surface area contributed by atoms with Gasteiger partial charge >= 0.3 is 39.5 Å². The second-order valence-corrected chi connectivity index (χ2v) is 28.1. The van der Waals surface area contributed by atoms with E-state index in [4.69, 9.17) is 37.0 Å². The van der Waals surface area contributed by atoms with Crippen LogP contribution in [0.15, 0.2) is 182 Å². The molecule has 0 aromatic heterocycles. The molecule has 0 rings (SSSR count). The maximum absolute atomic E-state index is 13.1. The minimum absolute atomic E-state index is 0.0191. The Morgan fingerprint density at radius 3 is 0.856 bits per heavy atom. The maximum atomic E-state index is 13.1. The maximum Gasteiger partial charge on any atom is 0.472 e. The van der Waals surface area contributed by atoms with Gasteiger partial charge in [-0.3, -0.25) is 37.3 Å². The minimum Gasteiger partial charge on any atom is -0.462 e. The lowest BCUT2D eigenvalue weighted by molar-refractivity contribution is -0.161. The van der Waals surface area contributed by atoms with Gasteiger partial charge in [-0.1, -0.05) is 261 Å². The molecule has 104 heavy (non-hydrogen) atoms. The molecule has 588 valence electrons. The molecule has 0 aliphatic rings. The number of hydrogen-bond donors (Lipinski definition) is 3. The zero-order chi connectivity index (χ0) is 76.0. The Labute approximate surface area is 628 Å². The number of aliphatic hydroxyl groups excluding tert-OH is 1. The zero-order valence-electron chi connectivity index (χ0n) is 64.1. The first-order chi connectivity index (χ1) is 50.7. The zero-order valence-corrected chi connectivity index (χ0v) is 65.9. The van der Waals surface area contributed by atoms with Gasteiger partial charge in [0.05, 0.1) is 26.4 Å². The van der Waals surface area contributed by atoms with E-state index in [1.807, 2.05) is 24.3 Å². The highest BCUT2D eigenvalue weighted by Crippen LogP contribution is 2.45. The van der Waals surface area contributed by atoms with Crippen LogP contribution in [0.1, 0.15) is 272 Å². The van der Waals surface area contributed by atoms with E-state index in [1.165, 1.54) is 25.7 Å². The summed E-state index contributed by atoms with van der Waals surface area (Å²) in [5.74, 6) is -2.38. The Bertz CT molecular complexity index is 2690. The topological polar surface area (TPSA) is 237 Å². The lowest BCUT2D eigenvalue weighted by Crippen LogP contribution is -2.30. The lowest BCUT2D eigenvalue weighted by atomic mass is 10.1. The Hall–Kier alpha value is -5.84. The molecular formula is C85H136O17P2. The Morgan fingerprint density at radius 1 is 0.279 bits per heavy atom. The van der Waals surface area contributed by atoms with Crippen LogP contribution in [0, 0.1) is 0 Å². The predicted octanol–water partition coefficient (Wildman–Crippen LogP) is 22.8. The molecule has 0 heterocycles. The van der Waals surface area contributed by atoms with Crippen molar-refractivity contribution in [1.29, 1.82) is 0 Å². The summed E-state index contributed by atoms with van der Waals surface area (Å²) in [5.41, 5.74) is 0. The van der Waals surface area contributed by atoms with Crippen LogP contribution in [0.3, 0.4) is 0 Å². The third-order valence-corrected chi connectivity index (χ3v) is 17.3. The SMILES string of the molecule is CC/C=C\C/C=C\C/C=C\C/C=C\C/C=C\C/C=C\CCC(=O)OCC(COP(=O)(O)OCC(O)COP(=O)(O)OCC(COC(=O)CCCCCC/C=C\C/C=C\C/C=C\C/C=C\CC)OC(=O)CCCCCCC/C=C\CCCCCC)OC(=O)CCCC/C=C\C/C=C\C/C=C\C/C=C\CC. The quantitative estimate of drug-likeness (QED) is 0.0169. The largest absolute Gasteiger partial charge is 0.472 e. The van der Waals surface area contributed by atoms with Crippen LogP contribution in [0.2, 0.25) is 0 Å². The molecule has 17 nitrogen and oxygen atoms in total. The van der Waals surface area contributed by atoms with Crippen LogP contribution in [0.4, 0.5) is 0 Å². The number of hydrogen-bond acceptors (Lipinski definition) is 15. The van der Waals surface area contributed by atoms with E-state index < -0.39 is 97.5 Å². The molecule has 0 fully saturated rings. The number of rotatable bonds is 71. The van der Waals surface area contributed by atoms with Crippen molar-refractivity contribution in [3.63, 3.8) is 0 Å². The van der Waals surface area contributed by atoms with Crippen molar-refractivity contribution >= 4 is 39.5 Å². The highest BCUT2D eigenvalue weighted by molar-refractivity contribution is 7.47. The summed E-state index contributed by atoms with van der Waals surface area (Å²) in [7, 11) is -10.0. The Kier molecular flexibility index (Phi) is 71.2. The Morgan fingerprint density at radius 2 is 0.519 bits per heavy atom. The molecule has 0 bridgehead atoms. The van der Waals surface area contributed by atoms with E-state index in [0.29, 0.717) is 38.5 Å². The predicted molar refractivity (Wildman–Crippen MR) is 426 cm³/mol. The molecular weight excluding hydrogens is 1350 g/mol. The number of unbranched alkanes of at least 4 members (excludes halogenated alkanes) is 15. The minimum atomic E-state index is -5.01. The van der Waals surface area contributed by atoms with Crippen molar-refractivity contribution in [1.82, 2.24) is 0 Å². The van der Waals surface area contributed by atoms with E-state index in [9.17, 15) is 43.2 Å². The van der Waals surface area contributed by atoms with Crippen molar-refractivity contribution in [3.8, 4) is 0 Å². The first-order valence-electron chi connectivity index (χ1n) is 39.0. The van der Waals surface area contributed by atoms with Crippen LogP contribution in [0.5, 0.6) is 0 Å². The number of aliphatic hydroxyl groups is 1. The van der Waals surface area contributed by atoms with Gasteiger partial charge in [-0.25, -0.2) is 9.13 Å². The summed E-state index contributed by atoms with van der Waals surface area (Å²) in [4.78, 5) is 72.9. The summed E-state index contributed by atoms with van der Waals surface area (Å²) < 4.78 is 68.4. The molecule has 0 amide bonds. The average molecular weight is 1490 g/mol. The number of esters is 4. The van der Waals surface area contributed by atoms with E-state index in [2.05, 4.69) is 186 Å². The van der Waals surface area contributed by atoms with Gasteiger partial charge in [-0.15, -0.1) is 0 Å². The Balaban J connectivity index is 5.49. The van der Waals surface area contributed by atoms with Gasteiger partial charge in [0.2, 0.25) is 0 Å². The highest BCUT2D eigenvalue weighted by Gasteiger charge is 2.30. The summed E-state index contributed by atoms with van der Waals surface area (Å²) in [5, 5.41) is 10.6. The molecule has 0 aromatic rings. The first-order valence-corrected chi connectivity index (χ1v) is 42.0. The van der Waals surface area contributed by atoms with Gasteiger partial charge < -0.3 is 33.8 Å². The van der Waals surface area contributed by atoms with Crippen molar-refractivity contribution in [3.05, 3.63) is 182 Å². The molecule has 0 saturated carbocycles. The van der Waals surface area contributed by atoms with Gasteiger partial charge in [0.1, 0.15) is 19.3 Å². The monoisotopic (exact) mass is 1490 g/mol. The van der Waals surface area contributed by atoms with Crippen LogP contribution < -0.4 is 0 Å². The molecule has 0 radical (unpaired) electrons. The second kappa shape index (κ2) is 75.4. The summed E-state index contributed by atoms with van der Waals surface area (Å²) >= 11 is 0. The van der Waals surface area contributed by atoms with E-state index >= 15 is 0 Å². The van der Waals surface area contributed by atoms with Gasteiger partial charge in [-0.05, 0) is 167 Å². The molecule has 0 aliphatic heterocycles. The smallest absolute Gasteiger partial charge is 0.462 e.